The van der Waals surface area contributed by atoms with E-state index in [2.05, 4.69) is 25.0 Å². The monoisotopic (exact) mass is 448 g/mol. The summed E-state index contributed by atoms with van der Waals surface area (Å²) in [5, 5.41) is 18.1. The summed E-state index contributed by atoms with van der Waals surface area (Å²) in [4.78, 5) is 23.2. The molecule has 0 atom stereocenters. The van der Waals surface area contributed by atoms with Crippen molar-refractivity contribution in [3.8, 4) is 0 Å². The molecule has 1 saturated carbocycles. The van der Waals surface area contributed by atoms with Crippen LogP contribution in [0.1, 0.15) is 36.3 Å². The van der Waals surface area contributed by atoms with Gasteiger partial charge < -0.3 is 14.5 Å². The predicted molar refractivity (Wildman–Crippen MR) is 124 cm³/mol. The number of benzene rings is 1. The van der Waals surface area contributed by atoms with Crippen molar-refractivity contribution in [1.82, 2.24) is 20.1 Å². The molecule has 1 N–H and O–H groups in total. The lowest BCUT2D eigenvalue weighted by atomic mass is 9.64. The predicted octanol–water partition coefficient (Wildman–Crippen LogP) is 3.46. The van der Waals surface area contributed by atoms with Crippen LogP contribution in [0.2, 0.25) is 0 Å². The maximum absolute atomic E-state index is 11.9. The van der Waals surface area contributed by atoms with Crippen LogP contribution in [0.25, 0.3) is 0 Å². The number of carbonyl (C=O) groups is 1. The van der Waals surface area contributed by atoms with Crippen LogP contribution in [0.5, 0.6) is 0 Å². The number of anilines is 3. The van der Waals surface area contributed by atoms with Gasteiger partial charge in [0.2, 0.25) is 5.95 Å². The van der Waals surface area contributed by atoms with Crippen molar-refractivity contribution in [3.05, 3.63) is 59.7 Å². The smallest absolute Gasteiger partial charge is 0.314 e. The van der Waals surface area contributed by atoms with E-state index in [4.69, 9.17) is 4.52 Å². The lowest BCUT2D eigenvalue weighted by Crippen LogP contribution is -2.53. The maximum Gasteiger partial charge on any atom is 0.314 e. The number of carboxylic acids is 1. The second kappa shape index (κ2) is 8.47. The Bertz CT molecular complexity index is 1100. The first-order chi connectivity index (χ1) is 16.0. The molecule has 9 nitrogen and oxygen atoms in total. The largest absolute Gasteiger partial charge is 0.481 e. The second-order valence-electron chi connectivity index (χ2n) is 8.76. The van der Waals surface area contributed by atoms with Crippen molar-refractivity contribution in [2.24, 2.45) is 0 Å². The van der Waals surface area contributed by atoms with E-state index in [1.54, 1.807) is 18.5 Å². The fourth-order valence-electron chi connectivity index (χ4n) is 4.93. The van der Waals surface area contributed by atoms with E-state index in [0.29, 0.717) is 18.8 Å². The fraction of sp³-hybridized carbons (Fsp3) is 0.417. The van der Waals surface area contributed by atoms with Gasteiger partial charge in [0.25, 0.3) is 0 Å². The second-order valence-corrected chi connectivity index (χ2v) is 8.76. The molecular weight excluding hydrogens is 420 g/mol. The van der Waals surface area contributed by atoms with Crippen LogP contribution < -0.4 is 9.91 Å². The van der Waals surface area contributed by atoms with Crippen molar-refractivity contribution >= 4 is 23.3 Å². The lowest BCUT2D eigenvalue weighted by molar-refractivity contribution is -0.147. The molecule has 9 heteroatoms. The molecule has 172 valence electrons. The molecule has 1 aliphatic carbocycles. The summed E-state index contributed by atoms with van der Waals surface area (Å²) in [6.45, 7) is 7.07. The van der Waals surface area contributed by atoms with E-state index in [1.165, 1.54) is 0 Å². The van der Waals surface area contributed by atoms with Gasteiger partial charge in [-0.1, -0.05) is 23.7 Å². The number of hydrogen-bond donors (Lipinski definition) is 1. The molecule has 0 radical (unpaired) electrons. The zero-order valence-corrected chi connectivity index (χ0v) is 18.9. The van der Waals surface area contributed by atoms with Crippen molar-refractivity contribution in [2.45, 2.75) is 38.5 Å². The van der Waals surface area contributed by atoms with Crippen LogP contribution in [0.4, 0.5) is 17.3 Å². The minimum absolute atomic E-state index is 0.590. The average molecular weight is 449 g/mol. The standard InChI is InChI=1S/C24H28N6O3/c1-17-21(18(2)33-27-17)28-13-15-29(16-14-28)30(23-25-11-4-12-26-23)20-7-5-19(6-8-20)24(22(31)32)9-3-10-24/h4-8,11-12H,3,9-10,13-16H2,1-2H3,(H,31,32). The van der Waals surface area contributed by atoms with E-state index in [9.17, 15) is 9.90 Å². The molecule has 33 heavy (non-hydrogen) atoms. The minimum Gasteiger partial charge on any atom is -0.481 e. The van der Waals surface area contributed by atoms with Gasteiger partial charge in [-0.3, -0.25) is 4.79 Å². The van der Waals surface area contributed by atoms with Crippen LogP contribution in [0.15, 0.2) is 47.2 Å². The Morgan fingerprint density at radius 1 is 1.06 bits per heavy atom. The van der Waals surface area contributed by atoms with Crippen LogP contribution in [-0.2, 0) is 10.2 Å². The van der Waals surface area contributed by atoms with E-state index in [-0.39, 0.29) is 0 Å². The molecule has 2 fully saturated rings. The molecule has 3 aromatic rings. The minimum atomic E-state index is -0.743. The third-order valence-electron chi connectivity index (χ3n) is 6.87. The first kappa shape index (κ1) is 21.4. The van der Waals surface area contributed by atoms with Crippen molar-refractivity contribution in [1.29, 1.82) is 0 Å². The third-order valence-corrected chi connectivity index (χ3v) is 6.87. The summed E-state index contributed by atoms with van der Waals surface area (Å²) >= 11 is 0. The van der Waals surface area contributed by atoms with Crippen molar-refractivity contribution in [2.75, 3.05) is 36.1 Å². The number of rotatable bonds is 6. The Morgan fingerprint density at radius 2 is 1.73 bits per heavy atom. The molecular formula is C24H28N6O3. The summed E-state index contributed by atoms with van der Waals surface area (Å²) in [7, 11) is 0. The van der Waals surface area contributed by atoms with Crippen molar-refractivity contribution in [3.63, 3.8) is 0 Å². The first-order valence-electron chi connectivity index (χ1n) is 11.3. The van der Waals surface area contributed by atoms with Crippen LogP contribution >= 0.6 is 0 Å². The highest BCUT2D eigenvalue weighted by molar-refractivity contribution is 5.82. The summed E-state index contributed by atoms with van der Waals surface area (Å²) in [5.74, 6) is 0.691. The Kier molecular flexibility index (Phi) is 5.49. The highest BCUT2D eigenvalue weighted by Gasteiger charge is 2.45. The van der Waals surface area contributed by atoms with Gasteiger partial charge in [0.1, 0.15) is 11.4 Å². The number of aliphatic carboxylic acids is 1. The molecule has 3 heterocycles. The molecule has 2 aromatic heterocycles. The number of aromatic nitrogens is 3. The lowest BCUT2D eigenvalue weighted by Gasteiger charge is -2.42. The Balaban J connectivity index is 1.40. The van der Waals surface area contributed by atoms with Crippen LogP contribution in [-0.4, -0.2) is 57.4 Å². The summed E-state index contributed by atoms with van der Waals surface area (Å²) in [5.41, 5.74) is 3.01. The van der Waals surface area contributed by atoms with Gasteiger partial charge in [-0.25, -0.2) is 20.0 Å². The molecule has 1 aromatic carbocycles. The van der Waals surface area contributed by atoms with E-state index in [0.717, 1.165) is 61.0 Å². The van der Waals surface area contributed by atoms with Gasteiger partial charge >= 0.3 is 5.97 Å². The molecule has 1 saturated heterocycles. The number of aryl methyl sites for hydroxylation is 2. The Morgan fingerprint density at radius 3 is 2.24 bits per heavy atom. The van der Waals surface area contributed by atoms with E-state index < -0.39 is 11.4 Å². The molecule has 5 rings (SSSR count). The van der Waals surface area contributed by atoms with E-state index >= 15 is 0 Å². The van der Waals surface area contributed by atoms with Gasteiger partial charge in [0.15, 0.2) is 5.76 Å². The SMILES string of the molecule is Cc1noc(C)c1N1CCN(N(c2ccc(C3(C(=O)O)CCC3)cc2)c2ncccn2)CC1. The van der Waals surface area contributed by atoms with Gasteiger partial charge in [0.05, 0.1) is 11.1 Å². The van der Waals surface area contributed by atoms with E-state index in [1.807, 2.05) is 43.1 Å². The van der Waals surface area contributed by atoms with Crippen LogP contribution in [0, 0.1) is 13.8 Å². The zero-order valence-electron chi connectivity index (χ0n) is 18.9. The topological polar surface area (TPSA) is 98.8 Å². The number of hydrogen-bond acceptors (Lipinski definition) is 8. The molecule has 0 unspecified atom stereocenters. The summed E-state index contributed by atoms with van der Waals surface area (Å²) in [6, 6.07) is 9.65. The number of hydrazine groups is 1. The van der Waals surface area contributed by atoms with Gasteiger partial charge in [0, 0.05) is 38.6 Å². The van der Waals surface area contributed by atoms with Gasteiger partial charge in [-0.15, -0.1) is 0 Å². The molecule has 2 aliphatic rings. The summed E-state index contributed by atoms with van der Waals surface area (Å²) in [6.07, 6.45) is 5.80. The number of nitrogens with zero attached hydrogens (tertiary/aromatic N) is 6. The van der Waals surface area contributed by atoms with Crippen molar-refractivity contribution < 1.29 is 14.4 Å². The summed E-state index contributed by atoms with van der Waals surface area (Å²) < 4.78 is 5.35. The van der Waals surface area contributed by atoms with Crippen LogP contribution in [0.3, 0.4) is 0 Å². The zero-order chi connectivity index (χ0) is 23.0. The molecule has 0 bridgehead atoms. The number of carboxylic acid groups (broad SMARTS) is 1. The van der Waals surface area contributed by atoms with Gasteiger partial charge in [-0.2, -0.15) is 0 Å². The maximum atomic E-state index is 11.9. The highest BCUT2D eigenvalue weighted by atomic mass is 16.5. The fourth-order valence-corrected chi connectivity index (χ4v) is 4.93. The highest BCUT2D eigenvalue weighted by Crippen LogP contribution is 2.44. The van der Waals surface area contributed by atoms with Gasteiger partial charge in [-0.05, 0) is 50.5 Å². The molecule has 0 amide bonds. The Labute approximate surface area is 192 Å². The third kappa shape index (κ3) is 3.72. The average Bonchev–Trinajstić information content (AvgIpc) is 3.13. The number of piperazine rings is 1. The first-order valence-corrected chi connectivity index (χ1v) is 11.3. The Hall–Kier alpha value is -3.46. The molecule has 1 aliphatic heterocycles. The normalized spacial score (nSPS) is 18.1. The quantitative estimate of drug-likeness (QED) is 0.608. The molecule has 0 spiro atoms.